The summed E-state index contributed by atoms with van der Waals surface area (Å²) in [4.78, 5) is 24.2. The second-order valence-electron chi connectivity index (χ2n) is 12.8. The second-order valence-corrected chi connectivity index (χ2v) is 13.2. The van der Waals surface area contributed by atoms with Crippen molar-refractivity contribution < 1.29 is 13.9 Å². The van der Waals surface area contributed by atoms with Crippen LogP contribution in [0.3, 0.4) is 0 Å². The number of carbonyl (C=O) groups excluding carboxylic acids is 1. The largest absolute Gasteiger partial charge is 0.444 e. The minimum atomic E-state index is -0.503. The van der Waals surface area contributed by atoms with Gasteiger partial charge in [-0.15, -0.1) is 0 Å². The molecule has 0 unspecified atom stereocenters. The molecule has 3 saturated heterocycles. The lowest BCUT2D eigenvalue weighted by atomic mass is 9.73. The summed E-state index contributed by atoms with van der Waals surface area (Å²) < 4.78 is 22.2. The average Bonchev–Trinajstić information content (AvgIpc) is 3.17. The van der Waals surface area contributed by atoms with Crippen LogP contribution in [-0.2, 0) is 11.3 Å². The van der Waals surface area contributed by atoms with Crippen LogP contribution in [0.5, 0.6) is 0 Å². The van der Waals surface area contributed by atoms with Crippen LogP contribution in [0.2, 0.25) is 5.02 Å². The van der Waals surface area contributed by atoms with Crippen molar-refractivity contribution in [3.8, 4) is 0 Å². The number of piperazine rings is 1. The number of nitrogens with one attached hydrogen (secondary N) is 1. The van der Waals surface area contributed by atoms with Crippen LogP contribution in [0, 0.1) is 25.1 Å². The van der Waals surface area contributed by atoms with E-state index in [0.29, 0.717) is 35.8 Å². The van der Waals surface area contributed by atoms with Crippen LogP contribution < -0.4 is 15.1 Å². The zero-order valence-corrected chi connectivity index (χ0v) is 24.7. The third-order valence-corrected chi connectivity index (χ3v) is 8.33. The van der Waals surface area contributed by atoms with Gasteiger partial charge >= 0.3 is 6.09 Å². The number of nitrogens with zero attached hydrogens (tertiary/aromatic N) is 5. The smallest absolute Gasteiger partial charge is 0.410 e. The number of carbonyl (C=O) groups is 1. The average molecular weight is 569 g/mol. The lowest BCUT2D eigenvalue weighted by molar-refractivity contribution is -0.0457. The van der Waals surface area contributed by atoms with Gasteiger partial charge in [0.15, 0.2) is 0 Å². The lowest BCUT2D eigenvalue weighted by Gasteiger charge is -2.59. The maximum atomic E-state index is 14.4. The molecule has 214 valence electrons. The van der Waals surface area contributed by atoms with Crippen LogP contribution >= 0.6 is 11.6 Å². The first kappa shape index (κ1) is 27.1. The Morgan fingerprint density at radius 2 is 1.70 bits per heavy atom. The topological polar surface area (TPSA) is 65.9 Å². The van der Waals surface area contributed by atoms with Gasteiger partial charge in [-0.1, -0.05) is 23.7 Å². The van der Waals surface area contributed by atoms with Gasteiger partial charge in [-0.25, -0.2) is 14.2 Å². The van der Waals surface area contributed by atoms with Crippen molar-refractivity contribution in [3.05, 3.63) is 51.8 Å². The molecule has 0 radical (unpaired) electrons. The van der Waals surface area contributed by atoms with Gasteiger partial charge in [-0.2, -0.15) is 0 Å². The third-order valence-electron chi connectivity index (χ3n) is 8.11. The first-order valence-corrected chi connectivity index (χ1v) is 14.4. The first-order valence-electron chi connectivity index (χ1n) is 14.1. The van der Waals surface area contributed by atoms with Crippen molar-refractivity contribution in [1.82, 2.24) is 19.8 Å². The van der Waals surface area contributed by atoms with E-state index in [0.717, 1.165) is 67.5 Å². The molecule has 3 aromatic rings. The van der Waals surface area contributed by atoms with Crippen molar-refractivity contribution in [1.29, 1.82) is 0 Å². The summed E-state index contributed by atoms with van der Waals surface area (Å²) in [6, 6.07) is 7.85. The second kappa shape index (κ2) is 9.80. The Bertz CT molecular complexity index is 1440. The normalized spacial score (nSPS) is 18.7. The molecule has 1 N–H and O–H groups in total. The fourth-order valence-corrected chi connectivity index (χ4v) is 6.54. The summed E-state index contributed by atoms with van der Waals surface area (Å²) in [5.41, 5.74) is 4.81. The maximum absolute atomic E-state index is 14.4. The number of likely N-dealkylation sites (tertiary alicyclic amines) is 1. The van der Waals surface area contributed by atoms with Crippen LogP contribution in [0.4, 0.5) is 20.8 Å². The molecule has 4 heterocycles. The predicted molar refractivity (Wildman–Crippen MR) is 157 cm³/mol. The van der Waals surface area contributed by atoms with Crippen LogP contribution in [0.1, 0.15) is 37.5 Å². The van der Waals surface area contributed by atoms with E-state index in [4.69, 9.17) is 21.3 Å². The number of hydrogen-bond acceptors (Lipinski definition) is 6. The van der Waals surface area contributed by atoms with E-state index < -0.39 is 5.60 Å². The minimum Gasteiger partial charge on any atom is -0.444 e. The number of aromatic nitrogens is 2. The van der Waals surface area contributed by atoms with Crippen molar-refractivity contribution in [2.45, 2.75) is 46.8 Å². The summed E-state index contributed by atoms with van der Waals surface area (Å²) in [6.45, 7) is 16.5. The Hall–Kier alpha value is -3.04. The van der Waals surface area contributed by atoms with Crippen molar-refractivity contribution in [3.63, 3.8) is 0 Å². The number of rotatable bonds is 4. The number of aryl methyl sites for hydroxylation is 2. The molecule has 1 amide bonds. The third kappa shape index (κ3) is 4.98. The van der Waals surface area contributed by atoms with Gasteiger partial charge in [0.25, 0.3) is 0 Å². The van der Waals surface area contributed by atoms with E-state index in [2.05, 4.69) is 19.7 Å². The number of benzene rings is 2. The van der Waals surface area contributed by atoms with E-state index in [1.54, 1.807) is 4.90 Å². The molecule has 3 aliphatic heterocycles. The quantitative estimate of drug-likeness (QED) is 0.480. The van der Waals surface area contributed by atoms with Gasteiger partial charge in [0.1, 0.15) is 16.9 Å². The molecule has 6 rings (SSSR count). The Balaban J connectivity index is 1.32. The monoisotopic (exact) mass is 568 g/mol. The van der Waals surface area contributed by atoms with E-state index >= 15 is 0 Å². The SMILES string of the molecule is Cc1cc(Cn2c(N3CC4(CN(C(=O)OC(C)(C)C)C4)C3)nc3c(N4CCNCC4)cc(Cl)cc32)cc(C)c1F. The zero-order chi connectivity index (χ0) is 28.4. The summed E-state index contributed by atoms with van der Waals surface area (Å²) >= 11 is 6.70. The van der Waals surface area contributed by atoms with Gasteiger partial charge in [0, 0.05) is 62.8 Å². The Morgan fingerprint density at radius 3 is 2.33 bits per heavy atom. The number of amides is 1. The molecule has 8 nitrogen and oxygen atoms in total. The molecular formula is C30H38ClFN6O2. The van der Waals surface area contributed by atoms with Gasteiger partial charge in [0.2, 0.25) is 5.95 Å². The van der Waals surface area contributed by atoms with E-state index in [1.165, 1.54) is 0 Å². The van der Waals surface area contributed by atoms with E-state index in [-0.39, 0.29) is 17.3 Å². The fraction of sp³-hybridized carbons (Fsp3) is 0.533. The molecular weight excluding hydrogens is 531 g/mol. The number of fused-ring (bicyclic) bond motifs is 1. The highest BCUT2D eigenvalue weighted by Crippen LogP contribution is 2.44. The molecule has 0 bridgehead atoms. The highest BCUT2D eigenvalue weighted by Gasteiger charge is 2.55. The zero-order valence-electron chi connectivity index (χ0n) is 24.0. The van der Waals surface area contributed by atoms with Gasteiger partial charge in [0.05, 0.1) is 17.7 Å². The number of hydrogen-bond donors (Lipinski definition) is 1. The van der Waals surface area contributed by atoms with Crippen LogP contribution in [0.15, 0.2) is 24.3 Å². The molecule has 0 atom stereocenters. The molecule has 3 aliphatic rings. The molecule has 10 heteroatoms. The maximum Gasteiger partial charge on any atom is 0.410 e. The van der Waals surface area contributed by atoms with Crippen LogP contribution in [0.25, 0.3) is 11.0 Å². The summed E-state index contributed by atoms with van der Waals surface area (Å²) in [6.07, 6.45) is -0.249. The summed E-state index contributed by atoms with van der Waals surface area (Å²) in [5.74, 6) is 0.724. The van der Waals surface area contributed by atoms with Crippen molar-refractivity contribution >= 4 is 40.4 Å². The fourth-order valence-electron chi connectivity index (χ4n) is 6.34. The number of ether oxygens (including phenoxy) is 1. The molecule has 0 saturated carbocycles. The number of imidazole rings is 1. The van der Waals surface area contributed by atoms with E-state index in [1.807, 2.05) is 58.9 Å². The lowest BCUT2D eigenvalue weighted by Crippen LogP contribution is -2.73. The predicted octanol–water partition coefficient (Wildman–Crippen LogP) is 4.96. The number of halogens is 2. The summed E-state index contributed by atoms with van der Waals surface area (Å²) in [5, 5.41) is 4.09. The van der Waals surface area contributed by atoms with Gasteiger partial charge < -0.3 is 29.3 Å². The standard InChI is InChI=1S/C30H38ClFN6O2/c1-19-10-21(11-20(2)25(19)32)14-38-24-13-22(31)12-23(35-8-6-33-7-9-35)26(24)34-27(38)36-15-30(16-36)17-37(18-30)28(39)40-29(3,4)5/h10-13,33H,6-9,14-18H2,1-5H3. The first-order chi connectivity index (χ1) is 18.9. The minimum absolute atomic E-state index is 0.0575. The Kier molecular flexibility index (Phi) is 6.65. The number of anilines is 2. The molecule has 1 aromatic heterocycles. The Morgan fingerprint density at radius 1 is 1.05 bits per heavy atom. The highest BCUT2D eigenvalue weighted by atomic mass is 35.5. The van der Waals surface area contributed by atoms with Crippen LogP contribution in [-0.4, -0.2) is 78.5 Å². The molecule has 3 fully saturated rings. The van der Waals surface area contributed by atoms with Gasteiger partial charge in [-0.05, 0) is 63.4 Å². The summed E-state index contributed by atoms with van der Waals surface area (Å²) in [7, 11) is 0. The van der Waals surface area contributed by atoms with E-state index in [9.17, 15) is 9.18 Å². The van der Waals surface area contributed by atoms with Crippen molar-refractivity contribution in [2.75, 3.05) is 62.2 Å². The molecule has 2 aromatic carbocycles. The Labute approximate surface area is 240 Å². The highest BCUT2D eigenvalue weighted by molar-refractivity contribution is 6.31. The molecule has 40 heavy (non-hydrogen) atoms. The van der Waals surface area contributed by atoms with Gasteiger partial charge in [-0.3, -0.25) is 0 Å². The molecule has 1 spiro atoms. The molecule has 0 aliphatic carbocycles. The van der Waals surface area contributed by atoms with Crippen molar-refractivity contribution in [2.24, 2.45) is 5.41 Å².